The molecule has 1 aliphatic carbocycles. The van der Waals surface area contributed by atoms with E-state index in [0.29, 0.717) is 0 Å². The average molecular weight is 681 g/mol. The molecule has 0 nitrogen and oxygen atoms in total. The fraction of sp³-hybridized carbons (Fsp3) is 0.351. The predicted octanol–water partition coefficient (Wildman–Crippen LogP) is 3.19. The van der Waals surface area contributed by atoms with Crippen molar-refractivity contribution in [3.8, 4) is 11.1 Å². The quantitative estimate of drug-likeness (QED) is 0.203. The third-order valence-electron chi connectivity index (χ3n) is 7.24. The van der Waals surface area contributed by atoms with Gasteiger partial charge in [0.05, 0.1) is 0 Å². The number of benzene rings is 3. The van der Waals surface area contributed by atoms with Gasteiger partial charge in [-0.1, -0.05) is 95.9 Å². The first-order chi connectivity index (χ1) is 18.2. The molecule has 218 valence electrons. The molecule has 0 unspecified atom stereocenters. The van der Waals surface area contributed by atoms with Crippen molar-refractivity contribution in [2.75, 3.05) is 0 Å². The van der Waals surface area contributed by atoms with Crippen LogP contribution in [0.5, 0.6) is 0 Å². The monoisotopic (exact) mass is 678 g/mol. The summed E-state index contributed by atoms with van der Waals surface area (Å²) in [5, 5.41) is 1.56. The number of hydrogen-bond acceptors (Lipinski definition) is 0. The summed E-state index contributed by atoms with van der Waals surface area (Å²) in [5.74, 6) is 0. The van der Waals surface area contributed by atoms with E-state index in [1.807, 2.05) is 6.07 Å². The van der Waals surface area contributed by atoms with Gasteiger partial charge in [-0.25, -0.2) is 11.3 Å². The van der Waals surface area contributed by atoms with Crippen molar-refractivity contribution in [1.29, 1.82) is 0 Å². The van der Waals surface area contributed by atoms with Gasteiger partial charge in [-0.05, 0) is 17.4 Å². The molecule has 1 aliphatic rings. The Morgan fingerprint density at radius 3 is 1.93 bits per heavy atom. The zero-order valence-corrected chi connectivity index (χ0v) is 31.3. The Labute approximate surface area is 278 Å². The SMILES string of the molecule is CC(C)(C)c1c[c-]c2c(c1)-c1cc(C(C)(C)C)ccc1C2.C[Si](C)(C)c1cc[cH-]c1.[Cl-].[Cl-].[Zr+2]=[CH]Cc1ccccc1. The van der Waals surface area contributed by atoms with Crippen molar-refractivity contribution in [1.82, 2.24) is 0 Å². The van der Waals surface area contributed by atoms with Crippen LogP contribution in [0.15, 0.2) is 84.9 Å². The molecular weight excluding hydrogens is 635 g/mol. The van der Waals surface area contributed by atoms with E-state index < -0.39 is 8.07 Å². The molecule has 4 heteroatoms. The molecule has 0 spiro atoms. The zero-order chi connectivity index (χ0) is 28.8. The third-order valence-corrected chi connectivity index (χ3v) is 9.80. The molecule has 0 atom stereocenters. The minimum atomic E-state index is -0.981. The first-order valence-corrected chi connectivity index (χ1v) is 19.1. The van der Waals surface area contributed by atoms with Crippen LogP contribution in [0.4, 0.5) is 0 Å². The second kappa shape index (κ2) is 15.9. The summed E-state index contributed by atoms with van der Waals surface area (Å²) in [6, 6.07) is 34.3. The maximum absolute atomic E-state index is 3.53. The van der Waals surface area contributed by atoms with Crippen LogP contribution in [0.25, 0.3) is 11.1 Å². The van der Waals surface area contributed by atoms with Gasteiger partial charge in [0, 0.05) is 8.07 Å². The molecule has 0 N–H and O–H groups in total. The molecule has 0 saturated carbocycles. The summed E-state index contributed by atoms with van der Waals surface area (Å²) in [7, 11) is -0.981. The van der Waals surface area contributed by atoms with Crippen LogP contribution in [0.2, 0.25) is 19.6 Å². The van der Waals surface area contributed by atoms with Gasteiger partial charge >= 0.3 is 70.3 Å². The van der Waals surface area contributed by atoms with Crippen LogP contribution in [0.1, 0.15) is 69.4 Å². The maximum atomic E-state index is 3.53. The normalized spacial score (nSPS) is 11.8. The van der Waals surface area contributed by atoms with Crippen LogP contribution in [-0.4, -0.2) is 11.8 Å². The van der Waals surface area contributed by atoms with E-state index in [1.54, 1.807) is 5.19 Å². The standard InChI is InChI=1S/C21H25.C8H13Si.C8H8.2ClH.Zr/c1-20(2,3)16-9-7-14-11-15-8-10-17(21(4,5)6)13-19(15)18(14)12-16;1-9(2,3)8-6-4-5-7-8;1-2-8-6-4-3-5-7-8;;;/h7,9-10,12-13H,11H2,1-6H3;4-7H,1-3H3;1,3-7H,2H2;2*1H;/q2*-1;;;;+2/p-2. The van der Waals surface area contributed by atoms with Crippen LogP contribution in [-0.2, 0) is 47.9 Å². The van der Waals surface area contributed by atoms with Crippen molar-refractivity contribution in [3.63, 3.8) is 0 Å². The van der Waals surface area contributed by atoms with Crippen LogP contribution >= 0.6 is 0 Å². The van der Waals surface area contributed by atoms with Crippen LogP contribution < -0.4 is 30.0 Å². The molecule has 0 aliphatic heterocycles. The van der Waals surface area contributed by atoms with Gasteiger partial charge < -0.3 is 24.8 Å². The molecule has 0 saturated heterocycles. The van der Waals surface area contributed by atoms with E-state index in [2.05, 4.69) is 150 Å². The van der Waals surface area contributed by atoms with Gasteiger partial charge in [0.1, 0.15) is 0 Å². The molecular formula is C37H46Cl2SiZr-2. The van der Waals surface area contributed by atoms with E-state index in [-0.39, 0.29) is 35.6 Å². The zero-order valence-electron chi connectivity index (χ0n) is 26.3. The second-order valence-electron chi connectivity index (χ2n) is 13.6. The molecule has 5 rings (SSSR count). The molecule has 41 heavy (non-hydrogen) atoms. The summed E-state index contributed by atoms with van der Waals surface area (Å²) >= 11 is 1.51. The minimum absolute atomic E-state index is 0. The molecule has 0 heterocycles. The molecule has 0 bridgehead atoms. The van der Waals surface area contributed by atoms with Crippen molar-refractivity contribution < 1.29 is 49.0 Å². The first kappa shape index (κ1) is 37.6. The second-order valence-corrected chi connectivity index (χ2v) is 19.7. The van der Waals surface area contributed by atoms with Gasteiger partial charge in [-0.15, -0.1) is 5.56 Å². The van der Waals surface area contributed by atoms with Crippen molar-refractivity contribution in [3.05, 3.63) is 119 Å². The van der Waals surface area contributed by atoms with Crippen molar-refractivity contribution in [2.24, 2.45) is 0 Å². The third kappa shape index (κ3) is 11.0. The summed E-state index contributed by atoms with van der Waals surface area (Å²) in [5.41, 5.74) is 10.2. The van der Waals surface area contributed by atoms with Crippen molar-refractivity contribution in [2.45, 2.75) is 84.9 Å². The molecule has 0 fully saturated rings. The Hall–Kier alpha value is -1.44. The molecule has 0 radical (unpaired) electrons. The summed E-state index contributed by atoms with van der Waals surface area (Å²) in [4.78, 5) is 0. The fourth-order valence-electron chi connectivity index (χ4n) is 4.59. The van der Waals surface area contributed by atoms with Gasteiger partial charge in [-0.2, -0.15) is 47.5 Å². The number of hydrogen-bond donors (Lipinski definition) is 0. The number of halogens is 2. The predicted molar refractivity (Wildman–Crippen MR) is 172 cm³/mol. The fourth-order valence-corrected chi connectivity index (χ4v) is 6.36. The summed E-state index contributed by atoms with van der Waals surface area (Å²) in [6.07, 6.45) is 2.15. The topological polar surface area (TPSA) is 0 Å². The van der Waals surface area contributed by atoms with Gasteiger partial charge in [0.2, 0.25) is 0 Å². The van der Waals surface area contributed by atoms with E-state index in [4.69, 9.17) is 0 Å². The van der Waals surface area contributed by atoms with Crippen molar-refractivity contribution >= 4 is 17.0 Å². The average Bonchev–Trinajstić information content (AvgIpc) is 3.52. The Kier molecular flexibility index (Phi) is 14.5. The Bertz CT molecular complexity index is 1290. The molecule has 4 aromatic rings. The Morgan fingerprint density at radius 1 is 0.829 bits per heavy atom. The molecule has 4 aromatic carbocycles. The molecule has 0 aromatic heterocycles. The summed E-state index contributed by atoms with van der Waals surface area (Å²) < 4.78 is 2.25. The van der Waals surface area contributed by atoms with E-state index >= 15 is 0 Å². The number of fused-ring (bicyclic) bond motifs is 3. The van der Waals surface area contributed by atoms with E-state index in [0.717, 1.165) is 12.8 Å². The molecule has 0 amide bonds. The van der Waals surface area contributed by atoms with E-state index in [1.165, 1.54) is 63.2 Å². The van der Waals surface area contributed by atoms with Gasteiger partial charge in [-0.3, -0.25) is 0 Å². The van der Waals surface area contributed by atoms with Crippen LogP contribution in [0.3, 0.4) is 0 Å². The Morgan fingerprint density at radius 2 is 1.44 bits per heavy atom. The Balaban J connectivity index is 0.000000351. The first-order valence-electron chi connectivity index (χ1n) is 14.1. The van der Waals surface area contributed by atoms with Crippen LogP contribution in [0, 0.1) is 6.07 Å². The summed E-state index contributed by atoms with van der Waals surface area (Å²) in [6.45, 7) is 20.7. The van der Waals surface area contributed by atoms with Gasteiger partial charge in [0.25, 0.3) is 0 Å². The van der Waals surface area contributed by atoms with Gasteiger partial charge in [0.15, 0.2) is 0 Å². The van der Waals surface area contributed by atoms with E-state index in [9.17, 15) is 0 Å². The number of rotatable bonds is 3.